The molecule has 2 aromatic heterocycles. The number of thiophene rings is 1. The standard InChI is InChI=1S/C37H35ClN4O6S/c1-6-48-27-13-18(7-11-26(27)43)31-20-9-10-21-30(35(46)40(4)33(21)44)23(20)15-24-34(45)42(36(47)37(24,31)3)29-16-25(39-41(29)5)32-17(2)22-14-19(38)8-12-28(22)49-32/h7-9,11-14,16,21,23-24,30-31,43H,6,10,15H2,1-5H3. The second kappa shape index (κ2) is 11.0. The van der Waals surface area contributed by atoms with E-state index in [0.29, 0.717) is 35.1 Å². The fourth-order valence-electron chi connectivity index (χ4n) is 8.97. The number of benzene rings is 2. The number of phenolic OH excluding ortho intramolecular Hbond substituents is 1. The summed E-state index contributed by atoms with van der Waals surface area (Å²) >= 11 is 7.87. The first-order valence-corrected chi connectivity index (χ1v) is 17.6. The summed E-state index contributed by atoms with van der Waals surface area (Å²) in [6, 6.07) is 12.6. The fourth-order valence-corrected chi connectivity index (χ4v) is 10.3. The highest BCUT2D eigenvalue weighted by Gasteiger charge is 2.67. The van der Waals surface area contributed by atoms with Crippen molar-refractivity contribution < 1.29 is 29.0 Å². The molecule has 4 heterocycles. The number of nitrogens with zero attached hydrogens (tertiary/aromatic N) is 4. The first-order chi connectivity index (χ1) is 23.4. The quantitative estimate of drug-likeness (QED) is 0.194. The molecule has 6 unspecified atom stereocenters. The number of fused-ring (bicyclic) bond motifs is 5. The van der Waals surface area contributed by atoms with Gasteiger partial charge in [0.05, 0.1) is 34.7 Å². The van der Waals surface area contributed by atoms with E-state index in [-0.39, 0.29) is 41.5 Å². The van der Waals surface area contributed by atoms with Gasteiger partial charge in [0, 0.05) is 35.8 Å². The molecule has 0 radical (unpaired) electrons. The molecular formula is C37H35ClN4O6S. The SMILES string of the molecule is CCOc1cc(C2C3=CCC4C(=O)N(C)C(=O)C4C3CC3C(=O)N(c4cc(-c5sc6ccc(Cl)cc6c5C)nn4C)C(=O)C32C)ccc1O. The minimum absolute atomic E-state index is 0.0350. The fraction of sp³-hybridized carbons (Fsp3) is 0.378. The first kappa shape index (κ1) is 31.8. The molecule has 4 aromatic rings. The molecule has 2 saturated heterocycles. The zero-order valence-corrected chi connectivity index (χ0v) is 29.3. The van der Waals surface area contributed by atoms with Gasteiger partial charge in [-0.25, -0.2) is 4.90 Å². The third-order valence-corrected chi connectivity index (χ3v) is 12.9. The van der Waals surface area contributed by atoms with E-state index in [2.05, 4.69) is 0 Å². The molecule has 6 atom stereocenters. The van der Waals surface area contributed by atoms with Gasteiger partial charge in [-0.05, 0) is 86.4 Å². The van der Waals surface area contributed by atoms with E-state index in [1.54, 1.807) is 47.3 Å². The second-order valence-electron chi connectivity index (χ2n) is 13.8. The maximum atomic E-state index is 15.0. The van der Waals surface area contributed by atoms with Crippen LogP contribution in [0.25, 0.3) is 20.7 Å². The number of aryl methyl sites for hydroxylation is 2. The van der Waals surface area contributed by atoms with Crippen molar-refractivity contribution in [2.45, 2.75) is 39.5 Å². The average Bonchev–Trinajstić information content (AvgIpc) is 3.73. The first-order valence-electron chi connectivity index (χ1n) is 16.4. The van der Waals surface area contributed by atoms with Crippen LogP contribution in [0.15, 0.2) is 54.1 Å². The van der Waals surface area contributed by atoms with Crippen LogP contribution in [0.2, 0.25) is 5.02 Å². The number of aromatic nitrogens is 2. The van der Waals surface area contributed by atoms with Gasteiger partial charge in [0.1, 0.15) is 11.5 Å². The van der Waals surface area contributed by atoms with Gasteiger partial charge in [-0.3, -0.25) is 28.8 Å². The number of ether oxygens (including phenoxy) is 1. The molecule has 1 N–H and O–H groups in total. The predicted molar refractivity (Wildman–Crippen MR) is 185 cm³/mol. The van der Waals surface area contributed by atoms with Gasteiger partial charge >= 0.3 is 0 Å². The van der Waals surface area contributed by atoms with Crippen molar-refractivity contribution >= 4 is 62.5 Å². The Labute approximate surface area is 291 Å². The Balaban J connectivity index is 1.26. The van der Waals surface area contributed by atoms with Gasteiger partial charge in [-0.2, -0.15) is 5.10 Å². The molecule has 8 rings (SSSR count). The van der Waals surface area contributed by atoms with Crippen molar-refractivity contribution in [2.75, 3.05) is 18.6 Å². The Morgan fingerprint density at radius 2 is 1.82 bits per heavy atom. The number of hydrogen-bond donors (Lipinski definition) is 1. The highest BCUT2D eigenvalue weighted by molar-refractivity contribution is 7.22. The molecular weight excluding hydrogens is 664 g/mol. The van der Waals surface area contributed by atoms with Gasteiger partial charge in [-0.15, -0.1) is 11.3 Å². The molecule has 2 aliphatic carbocycles. The highest BCUT2D eigenvalue weighted by atomic mass is 35.5. The van der Waals surface area contributed by atoms with Crippen LogP contribution in [0.1, 0.15) is 43.7 Å². The summed E-state index contributed by atoms with van der Waals surface area (Å²) < 4.78 is 8.37. The third kappa shape index (κ3) is 4.34. The molecule has 1 saturated carbocycles. The summed E-state index contributed by atoms with van der Waals surface area (Å²) in [5.41, 5.74) is 1.98. The summed E-state index contributed by atoms with van der Waals surface area (Å²) in [6.45, 7) is 5.98. The van der Waals surface area contributed by atoms with Crippen LogP contribution in [0.3, 0.4) is 0 Å². The van der Waals surface area contributed by atoms with E-state index in [9.17, 15) is 24.3 Å². The number of carbonyl (C=O) groups excluding carboxylic acids is 4. The highest BCUT2D eigenvalue weighted by Crippen LogP contribution is 2.64. The van der Waals surface area contributed by atoms with E-state index < -0.39 is 35.0 Å². The van der Waals surface area contributed by atoms with E-state index in [1.165, 1.54) is 16.8 Å². The number of rotatable bonds is 5. The zero-order chi connectivity index (χ0) is 34.7. The molecule has 2 aliphatic heterocycles. The van der Waals surface area contributed by atoms with Gasteiger partial charge in [0.25, 0.3) is 0 Å². The number of phenols is 1. The van der Waals surface area contributed by atoms with Crippen LogP contribution in [-0.4, -0.2) is 57.1 Å². The van der Waals surface area contributed by atoms with Crippen molar-refractivity contribution in [3.63, 3.8) is 0 Å². The molecule has 4 aliphatic rings. The molecule has 0 spiro atoms. The Morgan fingerprint density at radius 1 is 1.04 bits per heavy atom. The summed E-state index contributed by atoms with van der Waals surface area (Å²) in [4.78, 5) is 59.7. The maximum Gasteiger partial charge on any atom is 0.242 e. The maximum absolute atomic E-state index is 15.0. The molecule has 49 heavy (non-hydrogen) atoms. The number of anilines is 1. The Bertz CT molecular complexity index is 2170. The zero-order valence-electron chi connectivity index (χ0n) is 27.7. The molecule has 3 fully saturated rings. The molecule has 12 heteroatoms. The van der Waals surface area contributed by atoms with E-state index >= 15 is 0 Å². The van der Waals surface area contributed by atoms with E-state index in [1.807, 2.05) is 45.0 Å². The van der Waals surface area contributed by atoms with Crippen LogP contribution in [0.4, 0.5) is 5.82 Å². The van der Waals surface area contributed by atoms with Crippen LogP contribution in [-0.2, 0) is 26.2 Å². The molecule has 10 nitrogen and oxygen atoms in total. The lowest BCUT2D eigenvalue weighted by Crippen LogP contribution is -2.48. The van der Waals surface area contributed by atoms with Crippen LogP contribution in [0, 0.1) is 36.0 Å². The summed E-state index contributed by atoms with van der Waals surface area (Å²) in [7, 11) is 3.24. The van der Waals surface area contributed by atoms with E-state index in [0.717, 1.165) is 26.1 Å². The minimum atomic E-state index is -1.24. The lowest BCUT2D eigenvalue weighted by molar-refractivity contribution is -0.138. The van der Waals surface area contributed by atoms with Crippen molar-refractivity contribution in [1.82, 2.24) is 14.7 Å². The number of likely N-dealkylation sites (tertiary alicyclic amines) is 1. The average molecular weight is 699 g/mol. The van der Waals surface area contributed by atoms with E-state index in [4.69, 9.17) is 21.4 Å². The molecule has 2 aromatic carbocycles. The van der Waals surface area contributed by atoms with Crippen molar-refractivity contribution in [3.05, 3.63) is 70.3 Å². The van der Waals surface area contributed by atoms with Gasteiger partial charge in [0.15, 0.2) is 11.5 Å². The van der Waals surface area contributed by atoms with Gasteiger partial charge in [-0.1, -0.05) is 29.3 Å². The van der Waals surface area contributed by atoms with Crippen molar-refractivity contribution in [1.29, 1.82) is 0 Å². The normalized spacial score (nSPS) is 27.9. The van der Waals surface area contributed by atoms with Crippen LogP contribution >= 0.6 is 22.9 Å². The van der Waals surface area contributed by atoms with Crippen molar-refractivity contribution in [3.8, 4) is 22.1 Å². The molecule has 4 amide bonds. The molecule has 0 bridgehead atoms. The Hall–Kier alpha value is -4.48. The number of carbonyl (C=O) groups is 4. The van der Waals surface area contributed by atoms with Crippen LogP contribution < -0.4 is 9.64 Å². The lowest BCUT2D eigenvalue weighted by Gasteiger charge is -2.49. The van der Waals surface area contributed by atoms with Crippen LogP contribution in [0.5, 0.6) is 11.5 Å². The third-order valence-electron chi connectivity index (χ3n) is 11.3. The predicted octanol–water partition coefficient (Wildman–Crippen LogP) is 6.23. The molecule has 252 valence electrons. The summed E-state index contributed by atoms with van der Waals surface area (Å²) in [6.07, 6.45) is 2.63. The topological polar surface area (TPSA) is 122 Å². The van der Waals surface area contributed by atoms with Gasteiger partial charge in [0.2, 0.25) is 23.6 Å². The number of imide groups is 2. The van der Waals surface area contributed by atoms with Gasteiger partial charge < -0.3 is 9.84 Å². The lowest BCUT2D eigenvalue weighted by atomic mass is 9.51. The largest absolute Gasteiger partial charge is 0.504 e. The second-order valence-corrected chi connectivity index (χ2v) is 15.3. The summed E-state index contributed by atoms with van der Waals surface area (Å²) in [5, 5.41) is 17.0. The number of halogens is 1. The number of hydrogen-bond acceptors (Lipinski definition) is 8. The summed E-state index contributed by atoms with van der Waals surface area (Å²) in [5.74, 6) is -3.52. The smallest absolute Gasteiger partial charge is 0.242 e. The minimum Gasteiger partial charge on any atom is -0.504 e. The van der Waals surface area contributed by atoms with Crippen molar-refractivity contribution in [2.24, 2.45) is 36.1 Å². The Morgan fingerprint density at radius 3 is 2.57 bits per heavy atom. The number of aromatic hydroxyl groups is 1. The number of allylic oxidation sites excluding steroid dienone is 2. The monoisotopic (exact) mass is 698 g/mol. The number of amides is 4. The Kier molecular flexibility index (Phi) is 7.14.